The molecule has 0 radical (unpaired) electrons. The van der Waals surface area contributed by atoms with Gasteiger partial charge in [-0.05, 0) is 26.7 Å². The second-order valence-corrected chi connectivity index (χ2v) is 4.38. The summed E-state index contributed by atoms with van der Waals surface area (Å²) in [5, 5.41) is 17.9. The zero-order valence-electron chi connectivity index (χ0n) is 11.2. The largest absolute Gasteiger partial charge is 0.573 e. The number of nitrogens with zero attached hydrogens (tertiary/aromatic N) is 3. The minimum Gasteiger partial charge on any atom is -0.395 e. The van der Waals surface area contributed by atoms with Crippen molar-refractivity contribution in [3.63, 3.8) is 0 Å². The molecular formula is C13H14F3N3O. The van der Waals surface area contributed by atoms with E-state index in [1.807, 2.05) is 11.0 Å². The molecule has 0 aromatic heterocycles. The predicted molar refractivity (Wildman–Crippen MR) is 64.6 cm³/mol. The second-order valence-electron chi connectivity index (χ2n) is 4.38. The lowest BCUT2D eigenvalue weighted by Crippen LogP contribution is -2.19. The first-order valence-corrected chi connectivity index (χ1v) is 6.03. The first-order chi connectivity index (χ1) is 9.30. The molecule has 0 N–H and O–H groups in total. The van der Waals surface area contributed by atoms with Crippen molar-refractivity contribution in [2.24, 2.45) is 0 Å². The summed E-state index contributed by atoms with van der Waals surface area (Å²) in [4.78, 5) is 1.92. The SMILES string of the molecule is CC(=C(\C#N)OC(F)(F)F)/C(C#N)=C(\C)N1CCCC1. The summed E-state index contributed by atoms with van der Waals surface area (Å²) in [7, 11) is 0. The molecule has 0 aromatic rings. The Hall–Kier alpha value is -2.15. The number of likely N-dealkylation sites (tertiary alicyclic amines) is 1. The number of halogens is 3. The molecule has 0 atom stereocenters. The molecule has 1 rings (SSSR count). The molecule has 1 aliphatic rings. The van der Waals surface area contributed by atoms with Gasteiger partial charge in [0.05, 0.1) is 5.57 Å². The average Bonchev–Trinajstić information content (AvgIpc) is 2.89. The average molecular weight is 285 g/mol. The molecule has 0 spiro atoms. The van der Waals surface area contributed by atoms with Crippen LogP contribution in [-0.4, -0.2) is 24.4 Å². The Morgan fingerprint density at radius 3 is 2.05 bits per heavy atom. The summed E-state index contributed by atoms with van der Waals surface area (Å²) in [6, 6.07) is 3.21. The molecule has 0 aromatic carbocycles. The molecule has 1 aliphatic heterocycles. The van der Waals surface area contributed by atoms with Crippen LogP contribution in [0.1, 0.15) is 26.7 Å². The molecule has 0 saturated carbocycles. The summed E-state index contributed by atoms with van der Waals surface area (Å²) >= 11 is 0. The number of ether oxygens (including phenoxy) is 1. The number of allylic oxidation sites excluding steroid dienone is 4. The number of hydrogen-bond acceptors (Lipinski definition) is 4. The third-order valence-corrected chi connectivity index (χ3v) is 3.09. The number of rotatable bonds is 3. The molecular weight excluding hydrogens is 271 g/mol. The van der Waals surface area contributed by atoms with Crippen molar-refractivity contribution >= 4 is 0 Å². The normalized spacial score (nSPS) is 17.9. The van der Waals surface area contributed by atoms with E-state index < -0.39 is 12.1 Å². The fourth-order valence-corrected chi connectivity index (χ4v) is 2.06. The Morgan fingerprint density at radius 2 is 1.65 bits per heavy atom. The zero-order valence-corrected chi connectivity index (χ0v) is 11.2. The molecule has 7 heteroatoms. The van der Waals surface area contributed by atoms with Crippen molar-refractivity contribution in [2.75, 3.05) is 13.1 Å². The smallest absolute Gasteiger partial charge is 0.395 e. The lowest BCUT2D eigenvalue weighted by Gasteiger charge is -2.20. The van der Waals surface area contributed by atoms with Gasteiger partial charge in [0.25, 0.3) is 0 Å². The predicted octanol–water partition coefficient (Wildman–Crippen LogP) is 3.21. The van der Waals surface area contributed by atoms with E-state index in [2.05, 4.69) is 4.74 Å². The van der Waals surface area contributed by atoms with Gasteiger partial charge in [0.2, 0.25) is 5.76 Å². The third kappa shape index (κ3) is 3.92. The number of alkyl halides is 3. The van der Waals surface area contributed by atoms with Crippen LogP contribution in [0.25, 0.3) is 0 Å². The molecule has 20 heavy (non-hydrogen) atoms. The van der Waals surface area contributed by atoms with Gasteiger partial charge in [-0.1, -0.05) is 0 Å². The van der Waals surface area contributed by atoms with E-state index in [1.165, 1.54) is 13.0 Å². The Bertz CT molecular complexity index is 514. The number of hydrogen-bond donors (Lipinski definition) is 0. The van der Waals surface area contributed by atoms with Crippen LogP contribution in [0.3, 0.4) is 0 Å². The van der Waals surface area contributed by atoms with Crippen LogP contribution in [0.4, 0.5) is 13.2 Å². The minimum atomic E-state index is -4.95. The van der Waals surface area contributed by atoms with Gasteiger partial charge < -0.3 is 9.64 Å². The maximum absolute atomic E-state index is 12.2. The maximum atomic E-state index is 12.2. The third-order valence-electron chi connectivity index (χ3n) is 3.09. The molecule has 0 bridgehead atoms. The van der Waals surface area contributed by atoms with E-state index in [9.17, 15) is 13.2 Å². The molecule has 0 aliphatic carbocycles. The fourth-order valence-electron chi connectivity index (χ4n) is 2.06. The molecule has 1 heterocycles. The summed E-state index contributed by atoms with van der Waals surface area (Å²) < 4.78 is 40.3. The maximum Gasteiger partial charge on any atom is 0.573 e. The molecule has 4 nitrogen and oxygen atoms in total. The lowest BCUT2D eigenvalue weighted by molar-refractivity contribution is -0.303. The quantitative estimate of drug-likeness (QED) is 0.454. The highest BCUT2D eigenvalue weighted by Crippen LogP contribution is 2.27. The van der Waals surface area contributed by atoms with Crippen molar-refractivity contribution in [1.82, 2.24) is 4.90 Å². The van der Waals surface area contributed by atoms with Gasteiger partial charge in [-0.2, -0.15) is 10.5 Å². The lowest BCUT2D eigenvalue weighted by atomic mass is 10.1. The highest BCUT2D eigenvalue weighted by Gasteiger charge is 2.33. The molecule has 108 valence electrons. The van der Waals surface area contributed by atoms with Crippen LogP contribution in [0.5, 0.6) is 0 Å². The fraction of sp³-hybridized carbons (Fsp3) is 0.538. The van der Waals surface area contributed by atoms with Crippen LogP contribution >= 0.6 is 0 Å². The van der Waals surface area contributed by atoms with Gasteiger partial charge in [-0.25, -0.2) is 0 Å². The van der Waals surface area contributed by atoms with Crippen molar-refractivity contribution in [3.05, 3.63) is 22.6 Å². The van der Waals surface area contributed by atoms with Crippen molar-refractivity contribution < 1.29 is 17.9 Å². The summed E-state index contributed by atoms with van der Waals surface area (Å²) in [6.07, 6.45) is -3.00. The van der Waals surface area contributed by atoms with Gasteiger partial charge in [0.1, 0.15) is 12.1 Å². The van der Waals surface area contributed by atoms with E-state index in [4.69, 9.17) is 10.5 Å². The molecule has 0 amide bonds. The van der Waals surface area contributed by atoms with E-state index in [1.54, 1.807) is 6.92 Å². The summed E-state index contributed by atoms with van der Waals surface area (Å²) in [6.45, 7) is 4.46. The van der Waals surface area contributed by atoms with E-state index in [0.717, 1.165) is 25.9 Å². The van der Waals surface area contributed by atoms with E-state index >= 15 is 0 Å². The standard InChI is InChI=1S/C13H14F3N3O/c1-9(12(8-18)20-13(14,15)16)11(7-17)10(2)19-5-3-4-6-19/h3-6H2,1-2H3/b11-10+,12-9-. The molecule has 1 fully saturated rings. The van der Waals surface area contributed by atoms with Gasteiger partial charge in [-0.15, -0.1) is 13.2 Å². The van der Waals surface area contributed by atoms with Crippen LogP contribution in [0, 0.1) is 22.7 Å². The Morgan fingerprint density at radius 1 is 1.10 bits per heavy atom. The van der Waals surface area contributed by atoms with Crippen molar-refractivity contribution in [1.29, 1.82) is 10.5 Å². The monoisotopic (exact) mass is 285 g/mol. The highest BCUT2D eigenvalue weighted by molar-refractivity contribution is 5.47. The summed E-state index contributed by atoms with van der Waals surface area (Å²) in [5.74, 6) is -0.896. The van der Waals surface area contributed by atoms with Crippen LogP contribution < -0.4 is 0 Å². The van der Waals surface area contributed by atoms with Gasteiger partial charge in [0, 0.05) is 24.4 Å². The topological polar surface area (TPSA) is 60.0 Å². The summed E-state index contributed by atoms with van der Waals surface area (Å²) in [5.41, 5.74) is 0.519. The van der Waals surface area contributed by atoms with Gasteiger partial charge >= 0.3 is 6.36 Å². The minimum absolute atomic E-state index is 0.0488. The highest BCUT2D eigenvalue weighted by atomic mass is 19.4. The van der Waals surface area contributed by atoms with Gasteiger partial charge in [0.15, 0.2) is 0 Å². The van der Waals surface area contributed by atoms with Crippen molar-refractivity contribution in [2.45, 2.75) is 33.1 Å². The first-order valence-electron chi connectivity index (χ1n) is 6.03. The number of nitriles is 2. The van der Waals surface area contributed by atoms with E-state index in [-0.39, 0.29) is 11.1 Å². The Labute approximate surface area is 115 Å². The Kier molecular flexibility index (Phi) is 5.04. The second kappa shape index (κ2) is 6.33. The van der Waals surface area contributed by atoms with Crippen LogP contribution in [0.2, 0.25) is 0 Å². The van der Waals surface area contributed by atoms with Gasteiger partial charge in [-0.3, -0.25) is 0 Å². The van der Waals surface area contributed by atoms with Crippen LogP contribution in [-0.2, 0) is 4.74 Å². The molecule has 1 saturated heterocycles. The van der Waals surface area contributed by atoms with Crippen LogP contribution in [0.15, 0.2) is 22.6 Å². The Balaban J connectivity index is 3.18. The first kappa shape index (κ1) is 15.9. The van der Waals surface area contributed by atoms with E-state index in [0.29, 0.717) is 5.70 Å². The van der Waals surface area contributed by atoms with Crippen molar-refractivity contribution in [3.8, 4) is 12.1 Å². The zero-order chi connectivity index (χ0) is 15.3. The molecule has 0 unspecified atom stereocenters.